The predicted molar refractivity (Wildman–Crippen MR) is 190 cm³/mol. The Labute approximate surface area is 291 Å². The lowest BCUT2D eigenvalue weighted by atomic mass is 10.0. The summed E-state index contributed by atoms with van der Waals surface area (Å²) in [6.07, 6.45) is 0. The highest BCUT2D eigenvalue weighted by atomic mass is 35.5. The fourth-order valence-electron chi connectivity index (χ4n) is 5.61. The zero-order valence-corrected chi connectivity index (χ0v) is 29.0. The van der Waals surface area contributed by atoms with E-state index in [0.29, 0.717) is 17.5 Å². The quantitative estimate of drug-likeness (QED) is 0.0824. The van der Waals surface area contributed by atoms with Crippen LogP contribution < -0.4 is 10.2 Å². The standard InChI is InChI=1S/C33H28ClN7O7S2/c1-4-41(21-10-6-5-7-11-21)33-37-31(34)36-32(38-33)35-26-17-22(49(43,44)45)16-20-15-19(3)28(29(42)27(20)26)40-39-25-14-13-23-18(2)9-8-12-24(23)30(25)50(46,47)48/h5-17,42H,4H2,1-3H3,(H,43,44,45)(H,46,47,48)(H,35,36,37,38)/b40-39+. The Bertz CT molecular complexity index is 2570. The highest BCUT2D eigenvalue weighted by Crippen LogP contribution is 2.44. The minimum atomic E-state index is -4.77. The second kappa shape index (κ2) is 13.2. The number of halogens is 1. The van der Waals surface area contributed by atoms with Crippen LogP contribution >= 0.6 is 11.6 Å². The normalized spacial score (nSPS) is 12.2. The maximum absolute atomic E-state index is 12.5. The highest BCUT2D eigenvalue weighted by Gasteiger charge is 2.23. The van der Waals surface area contributed by atoms with Gasteiger partial charge in [0.15, 0.2) is 5.75 Å². The molecule has 17 heteroatoms. The number of phenols is 1. The summed E-state index contributed by atoms with van der Waals surface area (Å²) in [5.74, 6) is -0.417. The number of phenolic OH excluding ortho intramolecular Hbond substituents is 1. The maximum Gasteiger partial charge on any atom is 0.297 e. The monoisotopic (exact) mass is 733 g/mol. The number of anilines is 4. The number of aromatic nitrogens is 3. The second-order valence-electron chi connectivity index (χ2n) is 11.1. The first-order chi connectivity index (χ1) is 23.7. The first-order valence-corrected chi connectivity index (χ1v) is 18.1. The van der Waals surface area contributed by atoms with Crippen molar-refractivity contribution in [3.63, 3.8) is 0 Å². The van der Waals surface area contributed by atoms with Gasteiger partial charge in [0.25, 0.3) is 20.2 Å². The average molecular weight is 734 g/mol. The Kier molecular flexibility index (Phi) is 9.15. The Morgan fingerprint density at radius 2 is 1.56 bits per heavy atom. The fourth-order valence-corrected chi connectivity index (χ4v) is 7.14. The van der Waals surface area contributed by atoms with E-state index >= 15 is 0 Å². The van der Waals surface area contributed by atoms with Gasteiger partial charge < -0.3 is 15.3 Å². The smallest absolute Gasteiger partial charge is 0.297 e. The molecule has 14 nitrogen and oxygen atoms in total. The van der Waals surface area contributed by atoms with Crippen LogP contribution in [0.3, 0.4) is 0 Å². The van der Waals surface area contributed by atoms with Crippen molar-refractivity contribution in [1.29, 1.82) is 0 Å². The number of rotatable bonds is 9. The van der Waals surface area contributed by atoms with Gasteiger partial charge in [0, 0.05) is 23.0 Å². The van der Waals surface area contributed by atoms with Crippen LogP contribution in [0, 0.1) is 13.8 Å². The molecule has 5 aromatic carbocycles. The molecule has 0 saturated heterocycles. The molecule has 0 amide bonds. The number of hydrogen-bond donors (Lipinski definition) is 4. The summed E-state index contributed by atoms with van der Waals surface area (Å²) in [4.78, 5) is 13.7. The highest BCUT2D eigenvalue weighted by molar-refractivity contribution is 7.86. The average Bonchev–Trinajstić information content (AvgIpc) is 3.04. The number of para-hydroxylation sites is 1. The minimum absolute atomic E-state index is 0.0366. The summed E-state index contributed by atoms with van der Waals surface area (Å²) in [5.41, 5.74) is 1.52. The van der Waals surface area contributed by atoms with E-state index in [4.69, 9.17) is 11.6 Å². The van der Waals surface area contributed by atoms with Gasteiger partial charge in [0.2, 0.25) is 17.2 Å². The van der Waals surface area contributed by atoms with E-state index in [1.54, 1.807) is 36.9 Å². The summed E-state index contributed by atoms with van der Waals surface area (Å²) < 4.78 is 69.7. The number of fused-ring (bicyclic) bond motifs is 2. The number of aromatic hydroxyl groups is 1. The van der Waals surface area contributed by atoms with E-state index in [9.17, 15) is 31.0 Å². The van der Waals surface area contributed by atoms with Gasteiger partial charge >= 0.3 is 0 Å². The second-order valence-corrected chi connectivity index (χ2v) is 14.2. The van der Waals surface area contributed by atoms with Crippen LogP contribution in [0.1, 0.15) is 18.1 Å². The summed E-state index contributed by atoms with van der Waals surface area (Å²) in [7, 11) is -9.50. The van der Waals surface area contributed by atoms with E-state index in [-0.39, 0.29) is 50.4 Å². The molecule has 0 aliphatic rings. The molecule has 0 aliphatic carbocycles. The first-order valence-electron chi connectivity index (χ1n) is 14.9. The maximum atomic E-state index is 12.5. The third-order valence-electron chi connectivity index (χ3n) is 7.84. The SMILES string of the molecule is CCN(c1ccccc1)c1nc(Cl)nc(Nc2cc(S(=O)(=O)O)cc3cc(C)c(/N=N/c4ccc5c(C)cccc5c4S(=O)(=O)O)c(O)c23)n1. The fraction of sp³-hybridized carbons (Fsp3) is 0.121. The largest absolute Gasteiger partial charge is 0.505 e. The molecular formula is C33H28ClN7O7S2. The van der Waals surface area contributed by atoms with E-state index in [1.807, 2.05) is 37.3 Å². The Balaban J connectivity index is 1.51. The Morgan fingerprint density at radius 1 is 0.820 bits per heavy atom. The van der Waals surface area contributed by atoms with Gasteiger partial charge in [-0.2, -0.15) is 31.8 Å². The Morgan fingerprint density at radius 3 is 2.24 bits per heavy atom. The lowest BCUT2D eigenvalue weighted by Gasteiger charge is -2.21. The van der Waals surface area contributed by atoms with Gasteiger partial charge in [-0.05, 0) is 90.7 Å². The molecule has 0 radical (unpaired) electrons. The van der Waals surface area contributed by atoms with Crippen molar-refractivity contribution in [3.8, 4) is 5.75 Å². The van der Waals surface area contributed by atoms with E-state index in [0.717, 1.165) is 23.4 Å². The van der Waals surface area contributed by atoms with Gasteiger partial charge in [-0.15, -0.1) is 10.2 Å². The van der Waals surface area contributed by atoms with Crippen LogP contribution in [0.15, 0.2) is 98.9 Å². The molecule has 0 spiro atoms. The lowest BCUT2D eigenvalue weighted by Crippen LogP contribution is -2.19. The van der Waals surface area contributed by atoms with Crippen molar-refractivity contribution in [2.75, 3.05) is 16.8 Å². The number of benzene rings is 5. The number of azo groups is 1. The molecule has 6 aromatic rings. The zero-order valence-electron chi connectivity index (χ0n) is 26.6. The topological polar surface area (TPSA) is 208 Å². The summed E-state index contributed by atoms with van der Waals surface area (Å²) >= 11 is 6.29. The van der Waals surface area contributed by atoms with Crippen molar-refractivity contribution in [3.05, 3.63) is 95.3 Å². The molecule has 0 unspecified atom stereocenters. The summed E-state index contributed by atoms with van der Waals surface area (Å²) in [6, 6.07) is 21.0. The summed E-state index contributed by atoms with van der Waals surface area (Å²) in [6.45, 7) is 5.70. The molecule has 6 rings (SSSR count). The van der Waals surface area contributed by atoms with Gasteiger partial charge in [0.1, 0.15) is 16.3 Å². The van der Waals surface area contributed by atoms with Crippen molar-refractivity contribution in [2.45, 2.75) is 30.6 Å². The van der Waals surface area contributed by atoms with E-state index in [2.05, 4.69) is 30.5 Å². The van der Waals surface area contributed by atoms with Crippen LogP contribution in [-0.4, -0.2) is 52.5 Å². The first kappa shape index (κ1) is 34.6. The van der Waals surface area contributed by atoms with Crippen LogP contribution in [0.25, 0.3) is 21.5 Å². The summed E-state index contributed by atoms with van der Waals surface area (Å²) in [5, 5.41) is 23.7. The predicted octanol–water partition coefficient (Wildman–Crippen LogP) is 7.96. The molecule has 0 fully saturated rings. The molecule has 0 saturated carbocycles. The number of hydrogen-bond acceptors (Lipinski definition) is 12. The van der Waals surface area contributed by atoms with Crippen LogP contribution in [0.2, 0.25) is 5.28 Å². The van der Waals surface area contributed by atoms with Crippen molar-refractivity contribution in [2.24, 2.45) is 10.2 Å². The number of nitrogens with zero attached hydrogens (tertiary/aromatic N) is 6. The zero-order chi connectivity index (χ0) is 36.0. The van der Waals surface area contributed by atoms with Crippen molar-refractivity contribution < 1.29 is 31.0 Å². The molecule has 4 N–H and O–H groups in total. The Hall–Kier alpha value is -5.26. The van der Waals surface area contributed by atoms with Gasteiger partial charge in [-0.3, -0.25) is 9.11 Å². The molecule has 256 valence electrons. The number of aryl methyl sites for hydroxylation is 2. The lowest BCUT2D eigenvalue weighted by molar-refractivity contribution is 0.480. The minimum Gasteiger partial charge on any atom is -0.505 e. The van der Waals surface area contributed by atoms with Gasteiger partial charge in [-0.25, -0.2) is 0 Å². The van der Waals surface area contributed by atoms with Crippen molar-refractivity contribution in [1.82, 2.24) is 15.0 Å². The molecule has 50 heavy (non-hydrogen) atoms. The molecule has 0 bridgehead atoms. The molecule has 0 aliphatic heterocycles. The molecule has 1 heterocycles. The third kappa shape index (κ3) is 6.79. The molecule has 1 aromatic heterocycles. The van der Waals surface area contributed by atoms with Gasteiger partial charge in [-0.1, -0.05) is 42.5 Å². The van der Waals surface area contributed by atoms with Crippen LogP contribution in [0.5, 0.6) is 5.75 Å². The number of nitrogens with one attached hydrogen (secondary N) is 1. The van der Waals surface area contributed by atoms with E-state index in [1.165, 1.54) is 18.2 Å². The van der Waals surface area contributed by atoms with Gasteiger partial charge in [0.05, 0.1) is 10.6 Å². The molecule has 0 atom stereocenters. The third-order valence-corrected chi connectivity index (χ3v) is 9.79. The van der Waals surface area contributed by atoms with Crippen LogP contribution in [-0.2, 0) is 20.2 Å². The van der Waals surface area contributed by atoms with E-state index < -0.39 is 35.8 Å². The van der Waals surface area contributed by atoms with Crippen molar-refractivity contribution >= 4 is 88.0 Å². The molecular weight excluding hydrogens is 706 g/mol. The van der Waals surface area contributed by atoms with Crippen LogP contribution in [0.4, 0.5) is 34.6 Å².